The second kappa shape index (κ2) is 3.07. The van der Waals surface area contributed by atoms with Crippen LogP contribution in [0, 0.1) is 6.92 Å². The van der Waals surface area contributed by atoms with E-state index >= 15 is 0 Å². The van der Waals surface area contributed by atoms with Crippen molar-refractivity contribution in [1.82, 2.24) is 9.97 Å². The van der Waals surface area contributed by atoms with E-state index in [1.165, 1.54) is 6.42 Å². The Morgan fingerprint density at radius 2 is 2.31 bits per heavy atom. The zero-order valence-corrected chi connectivity index (χ0v) is 7.95. The largest absolute Gasteiger partial charge is 0.329 e. The number of nitrogens with two attached hydrogens (primary N) is 1. The van der Waals surface area contributed by atoms with Crippen LogP contribution in [-0.4, -0.2) is 16.5 Å². The van der Waals surface area contributed by atoms with Gasteiger partial charge in [-0.25, -0.2) is 9.97 Å². The fraction of sp³-hybridized carbons (Fsp3) is 0.600. The molecule has 1 aromatic heterocycles. The Bertz CT molecular complexity index is 299. The molecule has 0 aliphatic heterocycles. The van der Waals surface area contributed by atoms with Crippen LogP contribution < -0.4 is 5.73 Å². The third-order valence-corrected chi connectivity index (χ3v) is 2.97. The first-order valence-corrected chi connectivity index (χ1v) is 4.77. The molecule has 13 heavy (non-hydrogen) atoms. The third-order valence-electron chi connectivity index (χ3n) is 2.97. The molecule has 0 saturated heterocycles. The lowest BCUT2D eigenvalue weighted by atomic mass is 9.68. The minimum Gasteiger partial charge on any atom is -0.329 e. The molecule has 1 saturated carbocycles. The lowest BCUT2D eigenvalue weighted by Gasteiger charge is -2.39. The first-order chi connectivity index (χ1) is 6.27. The molecular formula is C10H15N3. The molecule has 3 heteroatoms. The maximum absolute atomic E-state index is 5.77. The highest BCUT2D eigenvalue weighted by Gasteiger charge is 2.39. The maximum Gasteiger partial charge on any atom is 0.135 e. The summed E-state index contributed by atoms with van der Waals surface area (Å²) in [6.07, 6.45) is 5.38. The van der Waals surface area contributed by atoms with E-state index in [4.69, 9.17) is 5.73 Å². The van der Waals surface area contributed by atoms with Gasteiger partial charge in [-0.1, -0.05) is 6.42 Å². The van der Waals surface area contributed by atoms with Gasteiger partial charge in [-0.15, -0.1) is 0 Å². The van der Waals surface area contributed by atoms with E-state index in [-0.39, 0.29) is 5.41 Å². The van der Waals surface area contributed by atoms with Gasteiger partial charge >= 0.3 is 0 Å². The van der Waals surface area contributed by atoms with Gasteiger partial charge in [-0.2, -0.15) is 0 Å². The predicted molar refractivity (Wildman–Crippen MR) is 51.4 cm³/mol. The summed E-state index contributed by atoms with van der Waals surface area (Å²) in [5, 5.41) is 0. The van der Waals surface area contributed by atoms with Crippen LogP contribution in [-0.2, 0) is 5.41 Å². The lowest BCUT2D eigenvalue weighted by Crippen LogP contribution is -2.43. The Morgan fingerprint density at radius 3 is 2.77 bits per heavy atom. The monoisotopic (exact) mass is 177 g/mol. The average molecular weight is 177 g/mol. The van der Waals surface area contributed by atoms with Crippen LogP contribution in [0.4, 0.5) is 0 Å². The smallest absolute Gasteiger partial charge is 0.135 e. The van der Waals surface area contributed by atoms with E-state index in [2.05, 4.69) is 9.97 Å². The van der Waals surface area contributed by atoms with Gasteiger partial charge in [0.2, 0.25) is 0 Å². The van der Waals surface area contributed by atoms with Gasteiger partial charge in [0.05, 0.1) is 0 Å². The zero-order valence-electron chi connectivity index (χ0n) is 7.95. The van der Waals surface area contributed by atoms with Crippen LogP contribution in [0.5, 0.6) is 0 Å². The van der Waals surface area contributed by atoms with Crippen molar-refractivity contribution >= 4 is 0 Å². The molecule has 0 radical (unpaired) electrons. The van der Waals surface area contributed by atoms with Crippen LogP contribution in [0.1, 0.15) is 30.8 Å². The second-order valence-corrected chi connectivity index (χ2v) is 3.86. The Hall–Kier alpha value is -0.960. The number of rotatable bonds is 2. The van der Waals surface area contributed by atoms with E-state index in [1.807, 2.05) is 19.2 Å². The first kappa shape index (κ1) is 8.63. The van der Waals surface area contributed by atoms with Crippen molar-refractivity contribution in [3.63, 3.8) is 0 Å². The molecule has 0 aromatic carbocycles. The number of hydrogen-bond donors (Lipinski definition) is 1. The van der Waals surface area contributed by atoms with Crippen molar-refractivity contribution in [2.45, 2.75) is 31.6 Å². The SMILES string of the molecule is Cc1ccnc(C2(CN)CCC2)n1. The molecule has 1 aromatic rings. The van der Waals surface area contributed by atoms with Gasteiger partial charge in [-0.05, 0) is 25.8 Å². The van der Waals surface area contributed by atoms with Gasteiger partial charge in [0.25, 0.3) is 0 Å². The van der Waals surface area contributed by atoms with Crippen molar-refractivity contribution in [2.24, 2.45) is 5.73 Å². The van der Waals surface area contributed by atoms with Crippen LogP contribution in [0.15, 0.2) is 12.3 Å². The third kappa shape index (κ3) is 1.33. The molecule has 1 aliphatic rings. The second-order valence-electron chi connectivity index (χ2n) is 3.86. The summed E-state index contributed by atoms with van der Waals surface area (Å²) in [7, 11) is 0. The van der Waals surface area contributed by atoms with E-state index in [0.717, 1.165) is 24.4 Å². The molecule has 70 valence electrons. The van der Waals surface area contributed by atoms with Crippen molar-refractivity contribution in [1.29, 1.82) is 0 Å². The summed E-state index contributed by atoms with van der Waals surface area (Å²) in [4.78, 5) is 8.76. The van der Waals surface area contributed by atoms with Gasteiger partial charge < -0.3 is 5.73 Å². The molecule has 1 heterocycles. The maximum atomic E-state index is 5.77. The molecular weight excluding hydrogens is 162 g/mol. The summed E-state index contributed by atoms with van der Waals surface area (Å²) >= 11 is 0. The minimum atomic E-state index is 0.103. The van der Waals surface area contributed by atoms with E-state index < -0.39 is 0 Å². The summed E-state index contributed by atoms with van der Waals surface area (Å²) in [5.41, 5.74) is 6.91. The molecule has 0 spiro atoms. The highest BCUT2D eigenvalue weighted by atomic mass is 14.9. The number of aromatic nitrogens is 2. The molecule has 0 unspecified atom stereocenters. The minimum absolute atomic E-state index is 0.103. The van der Waals surface area contributed by atoms with Crippen LogP contribution in [0.25, 0.3) is 0 Å². The molecule has 1 fully saturated rings. The fourth-order valence-corrected chi connectivity index (χ4v) is 1.83. The molecule has 1 aliphatic carbocycles. The number of aryl methyl sites for hydroxylation is 1. The summed E-state index contributed by atoms with van der Waals surface area (Å²) in [5.74, 6) is 0.946. The Balaban J connectivity index is 2.33. The van der Waals surface area contributed by atoms with Gasteiger partial charge in [0, 0.05) is 23.9 Å². The van der Waals surface area contributed by atoms with E-state index in [0.29, 0.717) is 6.54 Å². The van der Waals surface area contributed by atoms with Crippen LogP contribution in [0.3, 0.4) is 0 Å². The number of nitrogens with zero attached hydrogens (tertiary/aromatic N) is 2. The van der Waals surface area contributed by atoms with Crippen LogP contribution in [0.2, 0.25) is 0 Å². The summed E-state index contributed by atoms with van der Waals surface area (Å²) in [6, 6.07) is 1.92. The van der Waals surface area contributed by atoms with E-state index in [9.17, 15) is 0 Å². The van der Waals surface area contributed by atoms with Crippen molar-refractivity contribution in [3.05, 3.63) is 23.8 Å². The van der Waals surface area contributed by atoms with Crippen LogP contribution >= 0.6 is 0 Å². The zero-order chi connectivity index (χ0) is 9.31. The highest BCUT2D eigenvalue weighted by Crippen LogP contribution is 2.40. The average Bonchev–Trinajstić information content (AvgIpc) is 2.03. The van der Waals surface area contributed by atoms with Crippen molar-refractivity contribution in [3.8, 4) is 0 Å². The topological polar surface area (TPSA) is 51.8 Å². The first-order valence-electron chi connectivity index (χ1n) is 4.77. The van der Waals surface area contributed by atoms with Gasteiger partial charge in [0.15, 0.2) is 0 Å². The van der Waals surface area contributed by atoms with Gasteiger partial charge in [0.1, 0.15) is 5.82 Å². The summed E-state index contributed by atoms with van der Waals surface area (Å²) < 4.78 is 0. The Labute approximate surface area is 78.4 Å². The Kier molecular flexibility index (Phi) is 2.04. The molecule has 0 amide bonds. The quantitative estimate of drug-likeness (QED) is 0.737. The highest BCUT2D eigenvalue weighted by molar-refractivity contribution is 5.15. The Morgan fingerprint density at radius 1 is 1.54 bits per heavy atom. The van der Waals surface area contributed by atoms with Crippen molar-refractivity contribution < 1.29 is 0 Å². The van der Waals surface area contributed by atoms with E-state index in [1.54, 1.807) is 0 Å². The molecule has 0 atom stereocenters. The molecule has 3 nitrogen and oxygen atoms in total. The molecule has 2 N–H and O–H groups in total. The standard InChI is InChI=1S/C10H15N3/c1-8-3-6-12-9(13-8)10(7-11)4-2-5-10/h3,6H,2,4-5,7,11H2,1H3. The molecule has 2 rings (SSSR count). The van der Waals surface area contributed by atoms with Gasteiger partial charge in [-0.3, -0.25) is 0 Å². The fourth-order valence-electron chi connectivity index (χ4n) is 1.83. The lowest BCUT2D eigenvalue weighted by molar-refractivity contribution is 0.237. The predicted octanol–water partition coefficient (Wildman–Crippen LogP) is 1.17. The number of hydrogen-bond acceptors (Lipinski definition) is 3. The normalized spacial score (nSPS) is 19.5. The van der Waals surface area contributed by atoms with Crippen molar-refractivity contribution in [2.75, 3.05) is 6.54 Å². The molecule has 0 bridgehead atoms. The summed E-state index contributed by atoms with van der Waals surface area (Å²) in [6.45, 7) is 2.67.